The summed E-state index contributed by atoms with van der Waals surface area (Å²) in [6.45, 7) is 2.58. The van der Waals surface area contributed by atoms with Gasteiger partial charge in [0, 0.05) is 42.5 Å². The van der Waals surface area contributed by atoms with E-state index in [4.69, 9.17) is 5.73 Å². The zero-order valence-corrected chi connectivity index (χ0v) is 20.9. The molecule has 0 spiro atoms. The van der Waals surface area contributed by atoms with Crippen molar-refractivity contribution >= 4 is 34.8 Å². The number of rotatable bonds is 9. The second kappa shape index (κ2) is 11.2. The van der Waals surface area contributed by atoms with Gasteiger partial charge >= 0.3 is 6.18 Å². The fourth-order valence-electron chi connectivity index (χ4n) is 5.05. The first-order valence-electron chi connectivity index (χ1n) is 12.6. The molecule has 2 aliphatic rings. The van der Waals surface area contributed by atoms with Crippen molar-refractivity contribution in [3.63, 3.8) is 0 Å². The number of hydrogen-bond donors (Lipinski definition) is 3. The van der Waals surface area contributed by atoms with E-state index in [9.17, 15) is 27.6 Å². The molecule has 38 heavy (non-hydrogen) atoms. The van der Waals surface area contributed by atoms with E-state index in [1.165, 1.54) is 0 Å². The minimum atomic E-state index is -4.50. The quantitative estimate of drug-likeness (QED) is 0.460. The summed E-state index contributed by atoms with van der Waals surface area (Å²) in [5, 5.41) is 5.93. The summed E-state index contributed by atoms with van der Waals surface area (Å²) >= 11 is 0. The average Bonchev–Trinajstić information content (AvgIpc) is 3.00. The van der Waals surface area contributed by atoms with Gasteiger partial charge in [-0.3, -0.25) is 14.4 Å². The summed E-state index contributed by atoms with van der Waals surface area (Å²) in [7, 11) is 0. The number of anilines is 2. The minimum absolute atomic E-state index is 0.130. The number of nitrogens with one attached hydrogen (secondary N) is 2. The number of primary amides is 1. The highest BCUT2D eigenvalue weighted by Crippen LogP contribution is 2.37. The average molecular weight is 530 g/mol. The molecule has 3 atom stereocenters. The number of nitrogens with two attached hydrogens (primary N) is 1. The third-order valence-corrected chi connectivity index (χ3v) is 6.82. The first kappa shape index (κ1) is 27.2. The molecule has 2 aromatic rings. The van der Waals surface area contributed by atoms with Gasteiger partial charge in [-0.05, 0) is 18.9 Å². The maximum atomic E-state index is 13.7. The Balaban J connectivity index is 1.71. The first-order chi connectivity index (χ1) is 18.1. The number of nitrogens with zero attached hydrogens (tertiary/aromatic N) is 2. The number of para-hydroxylation sites is 1. The van der Waals surface area contributed by atoms with Crippen molar-refractivity contribution in [1.29, 1.82) is 0 Å². The summed E-state index contributed by atoms with van der Waals surface area (Å²) in [4.78, 5) is 45.6. The summed E-state index contributed by atoms with van der Waals surface area (Å²) in [5.74, 6) is -4.65. The zero-order valence-electron chi connectivity index (χ0n) is 20.9. The van der Waals surface area contributed by atoms with Crippen LogP contribution in [0.15, 0.2) is 53.5 Å². The highest BCUT2D eigenvalue weighted by molar-refractivity contribution is 6.22. The summed E-state index contributed by atoms with van der Waals surface area (Å²) in [5.41, 5.74) is 8.77. The number of benzene rings is 2. The van der Waals surface area contributed by atoms with Crippen LogP contribution >= 0.6 is 0 Å². The lowest BCUT2D eigenvalue weighted by molar-refractivity contribution is -0.146. The number of amides is 3. The first-order valence-corrected chi connectivity index (χ1v) is 12.6. The Labute approximate surface area is 218 Å². The van der Waals surface area contributed by atoms with E-state index in [2.05, 4.69) is 15.6 Å². The maximum absolute atomic E-state index is 13.7. The van der Waals surface area contributed by atoms with Gasteiger partial charge in [-0.2, -0.15) is 13.2 Å². The molecule has 0 unspecified atom stereocenters. The molecule has 2 aliphatic heterocycles. The van der Waals surface area contributed by atoms with Gasteiger partial charge in [0.1, 0.15) is 0 Å². The van der Waals surface area contributed by atoms with E-state index >= 15 is 0 Å². The molecule has 0 aliphatic carbocycles. The van der Waals surface area contributed by atoms with Crippen LogP contribution in [0.2, 0.25) is 0 Å². The molecule has 0 radical (unpaired) electrons. The number of carbonyl (C=O) groups excluding carboxylic acids is 3. The molecule has 0 saturated heterocycles. The molecule has 2 aromatic carbocycles. The summed E-state index contributed by atoms with van der Waals surface area (Å²) < 4.78 is 38.8. The maximum Gasteiger partial charge on any atom is 0.389 e. The Morgan fingerprint density at radius 1 is 1.13 bits per heavy atom. The van der Waals surface area contributed by atoms with Gasteiger partial charge in [-0.25, -0.2) is 4.99 Å². The monoisotopic (exact) mass is 529 g/mol. The Hall–Kier alpha value is -3.89. The van der Waals surface area contributed by atoms with Crippen LogP contribution in [-0.4, -0.2) is 48.9 Å². The van der Waals surface area contributed by atoms with Crippen molar-refractivity contribution in [2.24, 2.45) is 22.6 Å². The van der Waals surface area contributed by atoms with Crippen molar-refractivity contribution < 1.29 is 27.6 Å². The van der Waals surface area contributed by atoms with E-state index in [0.717, 1.165) is 11.3 Å². The molecule has 0 fully saturated rings. The van der Waals surface area contributed by atoms with Crippen LogP contribution in [-0.2, 0) is 14.4 Å². The number of aliphatic imine (C=N–C) groups is 1. The van der Waals surface area contributed by atoms with Crippen molar-refractivity contribution in [2.45, 2.75) is 44.9 Å². The standard InChI is InChI=1S/C27H30F3N5O3/c1-2-7-18(17(23(31)36)12-13-27(28,29)30)25(37)34-24-26(38)35-15-14-32-20-11-6-10-19(22(20)35)21(33-24)16-8-4-3-5-9-16/h3-6,8-11,17-18,24,32H,2,7,12-15H2,1H3,(H2,31,36)(H,34,37)/t17-,18+,24-/m1/s1. The van der Waals surface area contributed by atoms with Crippen LogP contribution in [0.25, 0.3) is 0 Å². The predicted octanol–water partition coefficient (Wildman–Crippen LogP) is 3.60. The fourth-order valence-corrected chi connectivity index (χ4v) is 5.05. The number of hydrogen-bond acceptors (Lipinski definition) is 5. The third kappa shape index (κ3) is 5.81. The molecule has 3 amide bonds. The highest BCUT2D eigenvalue weighted by Gasteiger charge is 2.40. The smallest absolute Gasteiger partial charge is 0.382 e. The van der Waals surface area contributed by atoms with Gasteiger partial charge in [0.15, 0.2) is 0 Å². The van der Waals surface area contributed by atoms with Crippen LogP contribution in [0.4, 0.5) is 24.5 Å². The molecular weight excluding hydrogens is 499 g/mol. The molecule has 0 aromatic heterocycles. The van der Waals surface area contributed by atoms with Crippen LogP contribution in [0.1, 0.15) is 43.7 Å². The van der Waals surface area contributed by atoms with Crippen molar-refractivity contribution in [3.8, 4) is 0 Å². The second-order valence-corrected chi connectivity index (χ2v) is 9.43. The second-order valence-electron chi connectivity index (χ2n) is 9.43. The minimum Gasteiger partial charge on any atom is -0.382 e. The summed E-state index contributed by atoms with van der Waals surface area (Å²) in [6, 6.07) is 14.7. The van der Waals surface area contributed by atoms with Gasteiger partial charge in [-0.15, -0.1) is 0 Å². The van der Waals surface area contributed by atoms with Gasteiger partial charge in [0.05, 0.1) is 17.1 Å². The Kier molecular flexibility index (Phi) is 8.03. The summed E-state index contributed by atoms with van der Waals surface area (Å²) in [6.07, 6.45) is -7.14. The SMILES string of the molecule is CCC[C@H](C(=O)N[C@H]1N=C(c2ccccc2)c2cccc3c2N(CCN3)C1=O)[C@@H](CCC(F)(F)F)C(N)=O. The van der Waals surface area contributed by atoms with E-state index in [0.29, 0.717) is 36.5 Å². The Morgan fingerprint density at radius 3 is 2.53 bits per heavy atom. The molecule has 0 saturated carbocycles. The van der Waals surface area contributed by atoms with Crippen LogP contribution in [0.3, 0.4) is 0 Å². The molecule has 4 rings (SSSR count). The molecule has 11 heteroatoms. The van der Waals surface area contributed by atoms with E-state index in [1.807, 2.05) is 48.5 Å². The van der Waals surface area contributed by atoms with Crippen LogP contribution in [0, 0.1) is 11.8 Å². The van der Waals surface area contributed by atoms with E-state index < -0.39 is 54.7 Å². The number of halogens is 3. The number of alkyl halides is 3. The molecule has 8 nitrogen and oxygen atoms in total. The normalized spacial score (nSPS) is 18.4. The van der Waals surface area contributed by atoms with Crippen molar-refractivity contribution in [1.82, 2.24) is 5.32 Å². The molecule has 2 heterocycles. The fraction of sp³-hybridized carbons (Fsp3) is 0.407. The molecule has 4 N–H and O–H groups in total. The lowest BCUT2D eigenvalue weighted by Crippen LogP contribution is -2.52. The van der Waals surface area contributed by atoms with E-state index in [1.54, 1.807) is 11.8 Å². The number of carbonyl (C=O) groups is 3. The van der Waals surface area contributed by atoms with Crippen LogP contribution in [0.5, 0.6) is 0 Å². The molecular formula is C27H30F3N5O3. The Bertz CT molecular complexity index is 1230. The van der Waals surface area contributed by atoms with Crippen molar-refractivity contribution in [2.75, 3.05) is 23.3 Å². The Morgan fingerprint density at radius 2 is 1.87 bits per heavy atom. The van der Waals surface area contributed by atoms with E-state index in [-0.39, 0.29) is 6.42 Å². The molecule has 202 valence electrons. The van der Waals surface area contributed by atoms with Gasteiger partial charge in [0.2, 0.25) is 18.0 Å². The predicted molar refractivity (Wildman–Crippen MR) is 138 cm³/mol. The van der Waals surface area contributed by atoms with Gasteiger partial charge < -0.3 is 21.3 Å². The topological polar surface area (TPSA) is 117 Å². The zero-order chi connectivity index (χ0) is 27.4. The van der Waals surface area contributed by atoms with Gasteiger partial charge in [0.25, 0.3) is 5.91 Å². The van der Waals surface area contributed by atoms with Gasteiger partial charge in [-0.1, -0.05) is 55.8 Å². The lowest BCUT2D eigenvalue weighted by atomic mass is 9.83. The third-order valence-electron chi connectivity index (χ3n) is 6.82. The molecule has 0 bridgehead atoms. The highest BCUT2D eigenvalue weighted by atomic mass is 19.4. The van der Waals surface area contributed by atoms with Crippen LogP contribution < -0.4 is 21.3 Å². The lowest BCUT2D eigenvalue weighted by Gasteiger charge is -2.32. The van der Waals surface area contributed by atoms with Crippen molar-refractivity contribution in [3.05, 3.63) is 59.7 Å². The largest absolute Gasteiger partial charge is 0.389 e.